The van der Waals surface area contributed by atoms with Crippen LogP contribution >= 0.6 is 0 Å². The van der Waals surface area contributed by atoms with Gasteiger partial charge in [-0.15, -0.1) is 0 Å². The predicted octanol–water partition coefficient (Wildman–Crippen LogP) is 1.39. The molecule has 0 bridgehead atoms. The largest absolute Gasteiger partial charge is 0.396 e. The summed E-state index contributed by atoms with van der Waals surface area (Å²) in [5, 5.41) is 2.90. The standard InChI is InChI=1S/C9H17N3/c1-5-11-9(12-6-2)8(10)7(3)4/h5H,1,6,10H2,2-4H3,(H,11,12). The van der Waals surface area contributed by atoms with E-state index in [9.17, 15) is 0 Å². The van der Waals surface area contributed by atoms with Gasteiger partial charge in [-0.05, 0) is 32.5 Å². The lowest BCUT2D eigenvalue weighted by Crippen LogP contribution is -2.25. The van der Waals surface area contributed by atoms with Crippen molar-refractivity contribution in [1.82, 2.24) is 5.32 Å². The Kier molecular flexibility index (Phi) is 4.84. The molecule has 0 spiro atoms. The molecule has 0 rings (SSSR count). The third-order valence-corrected chi connectivity index (χ3v) is 1.35. The van der Waals surface area contributed by atoms with Crippen LogP contribution in [0.25, 0.3) is 0 Å². The Morgan fingerprint density at radius 1 is 1.58 bits per heavy atom. The molecule has 0 fully saturated rings. The first-order chi connectivity index (χ1) is 5.63. The Bertz CT molecular complexity index is 210. The first-order valence-corrected chi connectivity index (χ1v) is 3.98. The second-order valence-electron chi connectivity index (χ2n) is 2.59. The monoisotopic (exact) mass is 167 g/mol. The molecule has 0 radical (unpaired) electrons. The van der Waals surface area contributed by atoms with Crippen LogP contribution in [0.4, 0.5) is 0 Å². The molecule has 3 heteroatoms. The highest BCUT2D eigenvalue weighted by Crippen LogP contribution is 1.97. The van der Waals surface area contributed by atoms with E-state index in [4.69, 9.17) is 5.73 Å². The predicted molar refractivity (Wildman–Crippen MR) is 53.9 cm³/mol. The molecule has 3 nitrogen and oxygen atoms in total. The molecule has 12 heavy (non-hydrogen) atoms. The van der Waals surface area contributed by atoms with Crippen molar-refractivity contribution in [1.29, 1.82) is 0 Å². The second-order valence-corrected chi connectivity index (χ2v) is 2.59. The van der Waals surface area contributed by atoms with Gasteiger partial charge in [0, 0.05) is 6.54 Å². The fraction of sp³-hybridized carbons (Fsp3) is 0.444. The quantitative estimate of drug-likeness (QED) is 0.493. The lowest BCUT2D eigenvalue weighted by molar-refractivity contribution is 1.07. The minimum absolute atomic E-state index is 0.691. The summed E-state index contributed by atoms with van der Waals surface area (Å²) in [7, 11) is 0. The summed E-state index contributed by atoms with van der Waals surface area (Å²) in [6.45, 7) is 10.1. The van der Waals surface area contributed by atoms with E-state index in [1.54, 1.807) is 6.20 Å². The van der Waals surface area contributed by atoms with E-state index < -0.39 is 0 Å². The van der Waals surface area contributed by atoms with Crippen LogP contribution in [-0.2, 0) is 0 Å². The molecule has 0 amide bonds. The molecule has 0 atom stereocenters. The molecule has 0 saturated carbocycles. The van der Waals surface area contributed by atoms with Gasteiger partial charge < -0.3 is 11.1 Å². The van der Waals surface area contributed by atoms with Gasteiger partial charge in [0.2, 0.25) is 0 Å². The summed E-state index contributed by atoms with van der Waals surface area (Å²) < 4.78 is 0. The van der Waals surface area contributed by atoms with Gasteiger partial charge >= 0.3 is 0 Å². The van der Waals surface area contributed by atoms with Gasteiger partial charge in [-0.3, -0.25) is 4.99 Å². The first-order valence-electron chi connectivity index (χ1n) is 3.98. The van der Waals surface area contributed by atoms with Gasteiger partial charge in [0.1, 0.15) is 5.84 Å². The Morgan fingerprint density at radius 3 is 2.50 bits per heavy atom. The van der Waals surface area contributed by atoms with Gasteiger partial charge in [0.15, 0.2) is 0 Å². The Labute approximate surface area is 74.1 Å². The number of nitrogens with one attached hydrogen (secondary N) is 1. The maximum Gasteiger partial charge on any atom is 0.148 e. The highest BCUT2D eigenvalue weighted by molar-refractivity contribution is 5.98. The van der Waals surface area contributed by atoms with Crippen LogP contribution in [0.15, 0.2) is 29.0 Å². The maximum absolute atomic E-state index is 5.77. The normalized spacial score (nSPS) is 10.8. The minimum Gasteiger partial charge on any atom is -0.396 e. The summed E-state index contributed by atoms with van der Waals surface area (Å²) in [4.78, 5) is 4.19. The Hall–Kier alpha value is -1.25. The lowest BCUT2D eigenvalue weighted by atomic mass is 10.2. The van der Waals surface area contributed by atoms with Crippen LogP contribution in [0, 0.1) is 0 Å². The van der Waals surface area contributed by atoms with Crippen molar-refractivity contribution in [2.45, 2.75) is 20.8 Å². The number of nitrogens with two attached hydrogens (primary N) is 1. The average molecular weight is 167 g/mol. The first kappa shape index (κ1) is 10.8. The smallest absolute Gasteiger partial charge is 0.148 e. The number of hydrogen-bond acceptors (Lipinski definition) is 2. The van der Waals surface area contributed by atoms with Gasteiger partial charge in [-0.1, -0.05) is 6.58 Å². The Morgan fingerprint density at radius 2 is 2.17 bits per heavy atom. The van der Waals surface area contributed by atoms with Crippen LogP contribution in [0.2, 0.25) is 0 Å². The van der Waals surface area contributed by atoms with Gasteiger partial charge in [-0.2, -0.15) is 0 Å². The van der Waals surface area contributed by atoms with Crippen molar-refractivity contribution in [3.8, 4) is 0 Å². The van der Waals surface area contributed by atoms with Crippen molar-refractivity contribution < 1.29 is 0 Å². The Balaban J connectivity index is 4.63. The molecule has 0 unspecified atom stereocenters. The number of amidine groups is 1. The van der Waals surface area contributed by atoms with Crippen LogP contribution in [0.1, 0.15) is 20.8 Å². The number of nitrogens with zero attached hydrogens (tertiary/aromatic N) is 1. The van der Waals surface area contributed by atoms with E-state index in [1.165, 1.54) is 0 Å². The molecular formula is C9H17N3. The van der Waals surface area contributed by atoms with Crippen molar-refractivity contribution >= 4 is 5.84 Å². The van der Waals surface area contributed by atoms with E-state index in [2.05, 4.69) is 16.9 Å². The zero-order valence-corrected chi connectivity index (χ0v) is 8.02. The summed E-state index contributed by atoms with van der Waals surface area (Å²) in [5.74, 6) is 0.701. The fourth-order valence-electron chi connectivity index (χ4n) is 0.700. The molecule has 0 aromatic rings. The van der Waals surface area contributed by atoms with Crippen molar-refractivity contribution in [2.75, 3.05) is 6.54 Å². The molecule has 0 aliphatic rings. The topological polar surface area (TPSA) is 50.4 Å². The van der Waals surface area contributed by atoms with Gasteiger partial charge in [-0.25, -0.2) is 0 Å². The molecule has 0 aliphatic heterocycles. The molecule has 0 saturated heterocycles. The molecular weight excluding hydrogens is 150 g/mol. The van der Waals surface area contributed by atoms with E-state index in [0.717, 1.165) is 5.57 Å². The molecule has 0 aromatic heterocycles. The van der Waals surface area contributed by atoms with Crippen LogP contribution < -0.4 is 11.1 Å². The van der Waals surface area contributed by atoms with Gasteiger partial charge in [0.05, 0.1) is 5.70 Å². The van der Waals surface area contributed by atoms with Crippen molar-refractivity contribution in [2.24, 2.45) is 10.7 Å². The highest BCUT2D eigenvalue weighted by Gasteiger charge is 2.00. The number of rotatable bonds is 3. The third-order valence-electron chi connectivity index (χ3n) is 1.35. The SMILES string of the molecule is C=CNC(=NCC)C(N)=C(C)C. The van der Waals surface area contributed by atoms with Crippen LogP contribution in [0.3, 0.4) is 0 Å². The van der Waals surface area contributed by atoms with E-state index in [1.807, 2.05) is 20.8 Å². The molecule has 68 valence electrons. The zero-order valence-electron chi connectivity index (χ0n) is 8.02. The molecule has 0 heterocycles. The second kappa shape index (κ2) is 5.41. The van der Waals surface area contributed by atoms with E-state index >= 15 is 0 Å². The van der Waals surface area contributed by atoms with Crippen molar-refractivity contribution in [3.05, 3.63) is 24.0 Å². The van der Waals surface area contributed by atoms with Gasteiger partial charge in [0.25, 0.3) is 0 Å². The summed E-state index contributed by atoms with van der Waals surface area (Å²) in [6, 6.07) is 0. The molecule has 0 aliphatic carbocycles. The van der Waals surface area contributed by atoms with E-state index in [-0.39, 0.29) is 0 Å². The zero-order chi connectivity index (χ0) is 9.56. The van der Waals surface area contributed by atoms with E-state index in [0.29, 0.717) is 18.1 Å². The fourth-order valence-corrected chi connectivity index (χ4v) is 0.700. The van der Waals surface area contributed by atoms with Crippen LogP contribution in [0.5, 0.6) is 0 Å². The number of hydrogen-bond donors (Lipinski definition) is 2. The number of aliphatic imine (C=N–C) groups is 1. The summed E-state index contributed by atoms with van der Waals surface area (Å²) in [6.07, 6.45) is 1.57. The number of allylic oxidation sites excluding steroid dienone is 1. The molecule has 3 N–H and O–H groups in total. The van der Waals surface area contributed by atoms with Crippen LogP contribution in [-0.4, -0.2) is 12.4 Å². The highest BCUT2D eigenvalue weighted by atomic mass is 15.0. The summed E-state index contributed by atoms with van der Waals surface area (Å²) >= 11 is 0. The van der Waals surface area contributed by atoms with Crippen molar-refractivity contribution in [3.63, 3.8) is 0 Å². The average Bonchev–Trinajstić information content (AvgIpc) is 2.03. The third kappa shape index (κ3) is 3.23. The summed E-state index contributed by atoms with van der Waals surface area (Å²) in [5.41, 5.74) is 7.52. The minimum atomic E-state index is 0.691. The maximum atomic E-state index is 5.77. The molecule has 0 aromatic carbocycles. The lowest BCUT2D eigenvalue weighted by Gasteiger charge is -2.07.